The third-order valence-electron chi connectivity index (χ3n) is 1.97. The summed E-state index contributed by atoms with van der Waals surface area (Å²) in [5.41, 5.74) is 0. The van der Waals surface area contributed by atoms with Crippen LogP contribution in [-0.4, -0.2) is 35.0 Å². The molecule has 0 aliphatic carbocycles. The fourth-order valence-electron chi connectivity index (χ4n) is 1.13. The highest BCUT2D eigenvalue weighted by Gasteiger charge is 2.12. The molecule has 1 rings (SSSR count). The van der Waals surface area contributed by atoms with Crippen molar-refractivity contribution in [2.75, 3.05) is 7.05 Å². The second kappa shape index (κ2) is 7.05. The second-order valence-electron chi connectivity index (χ2n) is 3.55. The van der Waals surface area contributed by atoms with Crippen molar-refractivity contribution in [3.63, 3.8) is 0 Å². The molecule has 0 aromatic carbocycles. The summed E-state index contributed by atoms with van der Waals surface area (Å²) in [5, 5.41) is 12.3. The summed E-state index contributed by atoms with van der Waals surface area (Å²) in [6.07, 6.45) is 1.45. The first-order valence-corrected chi connectivity index (χ1v) is 6.75. The SMILES string of the molecule is CN(Cc1cc(Br)cs1)C(=O)NC(=O)/C=C/C(=O)O. The van der Waals surface area contributed by atoms with Crippen molar-refractivity contribution in [2.45, 2.75) is 6.54 Å². The summed E-state index contributed by atoms with van der Waals surface area (Å²) in [4.78, 5) is 35.3. The van der Waals surface area contributed by atoms with Crippen LogP contribution < -0.4 is 5.32 Å². The molecule has 1 heterocycles. The number of aliphatic carboxylic acids is 1. The number of urea groups is 1. The third kappa shape index (κ3) is 5.66. The Kier molecular flexibility index (Phi) is 5.71. The lowest BCUT2D eigenvalue weighted by molar-refractivity contribution is -0.131. The van der Waals surface area contributed by atoms with E-state index in [1.165, 1.54) is 23.3 Å². The lowest BCUT2D eigenvalue weighted by Gasteiger charge is -2.15. The van der Waals surface area contributed by atoms with Crippen LogP contribution in [0, 0.1) is 0 Å². The highest BCUT2D eigenvalue weighted by atomic mass is 79.9. The fourth-order valence-corrected chi connectivity index (χ4v) is 2.64. The predicted octanol–water partition coefficient (Wildman–Crippen LogP) is 1.82. The van der Waals surface area contributed by atoms with Crippen LogP contribution in [0.4, 0.5) is 4.79 Å². The quantitative estimate of drug-likeness (QED) is 0.814. The molecule has 0 unspecified atom stereocenters. The van der Waals surface area contributed by atoms with Gasteiger partial charge in [-0.15, -0.1) is 11.3 Å². The number of carboxylic acid groups (broad SMARTS) is 1. The maximum absolute atomic E-state index is 11.6. The molecule has 0 saturated carbocycles. The Morgan fingerprint density at radius 2 is 2.16 bits per heavy atom. The van der Waals surface area contributed by atoms with Gasteiger partial charge in [-0.2, -0.15) is 0 Å². The monoisotopic (exact) mass is 346 g/mol. The van der Waals surface area contributed by atoms with E-state index in [2.05, 4.69) is 21.2 Å². The molecule has 0 bridgehead atoms. The van der Waals surface area contributed by atoms with Crippen molar-refractivity contribution < 1.29 is 19.5 Å². The number of nitrogens with one attached hydrogen (secondary N) is 1. The number of carboxylic acids is 1. The maximum atomic E-state index is 11.6. The van der Waals surface area contributed by atoms with Gasteiger partial charge < -0.3 is 10.0 Å². The number of hydrogen-bond acceptors (Lipinski definition) is 4. The van der Waals surface area contributed by atoms with Crippen LogP contribution in [-0.2, 0) is 16.1 Å². The summed E-state index contributed by atoms with van der Waals surface area (Å²) in [5.74, 6) is -2.02. The predicted molar refractivity (Wildman–Crippen MR) is 73.8 cm³/mol. The normalized spacial score (nSPS) is 10.4. The average molecular weight is 347 g/mol. The Morgan fingerprint density at radius 1 is 1.47 bits per heavy atom. The summed E-state index contributed by atoms with van der Waals surface area (Å²) in [7, 11) is 1.54. The Bertz CT molecular complexity index is 527. The summed E-state index contributed by atoms with van der Waals surface area (Å²) < 4.78 is 0.932. The molecule has 102 valence electrons. The average Bonchev–Trinajstić information content (AvgIpc) is 2.72. The maximum Gasteiger partial charge on any atom is 0.328 e. The third-order valence-corrected chi connectivity index (χ3v) is 3.65. The van der Waals surface area contributed by atoms with Crippen LogP contribution >= 0.6 is 27.3 Å². The van der Waals surface area contributed by atoms with Crippen LogP contribution in [0.2, 0.25) is 0 Å². The van der Waals surface area contributed by atoms with Gasteiger partial charge in [0.15, 0.2) is 0 Å². The number of carbonyl (C=O) groups is 3. The number of amides is 3. The van der Waals surface area contributed by atoms with Crippen molar-refractivity contribution in [1.82, 2.24) is 10.2 Å². The highest BCUT2D eigenvalue weighted by molar-refractivity contribution is 9.10. The molecule has 8 heteroatoms. The Balaban J connectivity index is 2.49. The van der Waals surface area contributed by atoms with Gasteiger partial charge in [0.1, 0.15) is 0 Å². The van der Waals surface area contributed by atoms with Crippen molar-refractivity contribution in [3.05, 3.63) is 32.9 Å². The second-order valence-corrected chi connectivity index (χ2v) is 5.46. The molecule has 0 aliphatic rings. The minimum atomic E-state index is -1.25. The molecule has 0 atom stereocenters. The number of carbonyl (C=O) groups excluding carboxylic acids is 2. The van der Waals surface area contributed by atoms with Gasteiger partial charge in [-0.05, 0) is 22.0 Å². The minimum absolute atomic E-state index is 0.359. The van der Waals surface area contributed by atoms with Crippen LogP contribution in [0.3, 0.4) is 0 Å². The van der Waals surface area contributed by atoms with E-state index in [-0.39, 0.29) is 0 Å². The van der Waals surface area contributed by atoms with Gasteiger partial charge in [0, 0.05) is 33.9 Å². The molecule has 0 aliphatic heterocycles. The molecule has 1 aromatic heterocycles. The number of imide groups is 1. The fraction of sp³-hybridized carbons (Fsp3) is 0.182. The largest absolute Gasteiger partial charge is 0.478 e. The number of thiophene rings is 1. The van der Waals surface area contributed by atoms with E-state index in [0.717, 1.165) is 15.4 Å². The van der Waals surface area contributed by atoms with Crippen LogP contribution in [0.15, 0.2) is 28.1 Å². The molecule has 0 saturated heterocycles. The molecule has 0 radical (unpaired) electrons. The lowest BCUT2D eigenvalue weighted by atomic mass is 10.4. The van der Waals surface area contributed by atoms with E-state index in [1.807, 2.05) is 11.4 Å². The Morgan fingerprint density at radius 3 is 2.68 bits per heavy atom. The Labute approximate surface area is 121 Å². The van der Waals surface area contributed by atoms with Crippen molar-refractivity contribution in [2.24, 2.45) is 0 Å². The number of hydrogen-bond donors (Lipinski definition) is 2. The van der Waals surface area contributed by atoms with E-state index < -0.39 is 17.9 Å². The molecule has 1 aromatic rings. The first-order valence-electron chi connectivity index (χ1n) is 5.08. The van der Waals surface area contributed by atoms with Crippen molar-refractivity contribution in [1.29, 1.82) is 0 Å². The molecule has 6 nitrogen and oxygen atoms in total. The molecular weight excluding hydrogens is 336 g/mol. The summed E-state index contributed by atoms with van der Waals surface area (Å²) in [6.45, 7) is 0.359. The van der Waals surface area contributed by atoms with E-state index in [0.29, 0.717) is 12.6 Å². The van der Waals surface area contributed by atoms with E-state index in [9.17, 15) is 14.4 Å². The number of rotatable bonds is 4. The van der Waals surface area contributed by atoms with E-state index in [1.54, 1.807) is 0 Å². The topological polar surface area (TPSA) is 86.7 Å². The van der Waals surface area contributed by atoms with Crippen LogP contribution in [0.5, 0.6) is 0 Å². The smallest absolute Gasteiger partial charge is 0.328 e. The van der Waals surface area contributed by atoms with Gasteiger partial charge in [0.2, 0.25) is 0 Å². The van der Waals surface area contributed by atoms with E-state index >= 15 is 0 Å². The molecule has 19 heavy (non-hydrogen) atoms. The van der Waals surface area contributed by atoms with Gasteiger partial charge in [-0.1, -0.05) is 0 Å². The molecule has 0 spiro atoms. The van der Waals surface area contributed by atoms with Crippen molar-refractivity contribution in [3.8, 4) is 0 Å². The van der Waals surface area contributed by atoms with Crippen LogP contribution in [0.25, 0.3) is 0 Å². The highest BCUT2D eigenvalue weighted by Crippen LogP contribution is 2.20. The van der Waals surface area contributed by atoms with Crippen LogP contribution in [0.1, 0.15) is 4.88 Å². The van der Waals surface area contributed by atoms with Gasteiger partial charge >= 0.3 is 12.0 Å². The lowest BCUT2D eigenvalue weighted by Crippen LogP contribution is -2.39. The Hall–Kier alpha value is -1.67. The van der Waals surface area contributed by atoms with Gasteiger partial charge in [-0.25, -0.2) is 9.59 Å². The van der Waals surface area contributed by atoms with Crippen molar-refractivity contribution >= 4 is 45.2 Å². The zero-order valence-electron chi connectivity index (χ0n) is 9.92. The van der Waals surface area contributed by atoms with Gasteiger partial charge in [0.25, 0.3) is 5.91 Å². The molecular formula is C11H11BrN2O4S. The molecule has 0 fully saturated rings. The molecule has 3 amide bonds. The first kappa shape index (κ1) is 15.4. The minimum Gasteiger partial charge on any atom is -0.478 e. The number of halogens is 1. The van der Waals surface area contributed by atoms with E-state index in [4.69, 9.17) is 5.11 Å². The standard InChI is InChI=1S/C11H11BrN2O4S/c1-14(5-8-4-7(12)6-19-8)11(18)13-9(15)2-3-10(16)17/h2-4,6H,5H2,1H3,(H,16,17)(H,13,15,18)/b3-2+. The zero-order valence-corrected chi connectivity index (χ0v) is 12.3. The number of nitrogens with zero attached hydrogens (tertiary/aromatic N) is 1. The first-order chi connectivity index (χ1) is 8.88. The summed E-state index contributed by atoms with van der Waals surface area (Å²) >= 11 is 4.79. The van der Waals surface area contributed by atoms with Gasteiger partial charge in [0.05, 0.1) is 6.54 Å². The summed E-state index contributed by atoms with van der Waals surface area (Å²) in [6, 6.07) is 1.28. The zero-order chi connectivity index (χ0) is 14.4. The molecule has 2 N–H and O–H groups in total. The van der Waals surface area contributed by atoms with Gasteiger partial charge in [-0.3, -0.25) is 10.1 Å².